The van der Waals surface area contributed by atoms with Crippen LogP contribution in [0, 0.1) is 18.2 Å². The Labute approximate surface area is 165 Å². The van der Waals surface area contributed by atoms with Gasteiger partial charge in [-0.3, -0.25) is 9.36 Å². The van der Waals surface area contributed by atoms with Crippen molar-refractivity contribution < 1.29 is 9.18 Å². The lowest BCUT2D eigenvalue weighted by Crippen LogP contribution is -2.09. The Kier molecular flexibility index (Phi) is 5.55. The monoisotopic (exact) mass is 397 g/mol. The van der Waals surface area contributed by atoms with E-state index in [-0.39, 0.29) is 17.7 Å². The molecule has 0 unspecified atom stereocenters. The number of aryl methyl sites for hydroxylation is 1. The second-order valence-corrected chi connectivity index (χ2v) is 6.13. The highest BCUT2D eigenvalue weighted by Crippen LogP contribution is 2.28. The molecule has 0 aliphatic carbocycles. The predicted octanol–water partition coefficient (Wildman–Crippen LogP) is 2.91. The summed E-state index contributed by atoms with van der Waals surface area (Å²) in [6.07, 6.45) is 5.10. The maximum atomic E-state index is 14.5. The summed E-state index contributed by atoms with van der Waals surface area (Å²) in [4.78, 5) is 19.7. The predicted molar refractivity (Wildman–Crippen MR) is 113 cm³/mol. The van der Waals surface area contributed by atoms with Gasteiger partial charge in [0.2, 0.25) is 11.9 Å². The Morgan fingerprint density at radius 2 is 2.18 bits per heavy atom. The lowest BCUT2D eigenvalue weighted by atomic mass is 10.2. The first-order chi connectivity index (χ1) is 13.5. The quantitative estimate of drug-likeness (QED) is 0.339. The van der Waals surface area contributed by atoms with Crippen molar-refractivity contribution >= 4 is 47.3 Å². The number of anilines is 2. The fourth-order valence-corrected chi connectivity index (χ4v) is 2.83. The second-order valence-electron chi connectivity index (χ2n) is 5.84. The van der Waals surface area contributed by atoms with Gasteiger partial charge < -0.3 is 16.0 Å². The number of carbonyl (C=O) groups is 1. The lowest BCUT2D eigenvalue weighted by molar-refractivity contribution is -0.111. The fourth-order valence-electron chi connectivity index (χ4n) is 2.67. The zero-order chi connectivity index (χ0) is 20.3. The molecule has 142 valence electrons. The van der Waals surface area contributed by atoms with E-state index in [1.807, 2.05) is 6.92 Å². The van der Waals surface area contributed by atoms with Crippen LogP contribution in [0.1, 0.15) is 5.56 Å². The van der Waals surface area contributed by atoms with Gasteiger partial charge in [0.05, 0.1) is 11.7 Å². The molecule has 1 amide bonds. The van der Waals surface area contributed by atoms with E-state index in [4.69, 9.17) is 5.41 Å². The number of nitrogens with one attached hydrogen (secondary N) is 3. The van der Waals surface area contributed by atoms with Crippen molar-refractivity contribution in [3.8, 4) is 5.82 Å². The summed E-state index contributed by atoms with van der Waals surface area (Å²) in [5, 5.41) is 15.2. The maximum absolute atomic E-state index is 14.5. The van der Waals surface area contributed by atoms with Gasteiger partial charge in [0.15, 0.2) is 11.6 Å². The molecule has 0 fully saturated rings. The van der Waals surface area contributed by atoms with Crippen LogP contribution in [-0.4, -0.2) is 26.7 Å². The Morgan fingerprint density at radius 1 is 1.39 bits per heavy atom. The molecule has 3 aromatic rings. The summed E-state index contributed by atoms with van der Waals surface area (Å²) in [6, 6.07) is 5.30. The molecule has 28 heavy (non-hydrogen) atoms. The lowest BCUT2D eigenvalue weighted by Gasteiger charge is -2.09. The first kappa shape index (κ1) is 19.3. The molecule has 0 saturated carbocycles. The molecule has 3 rings (SSSR count). The molecule has 0 bridgehead atoms. The van der Waals surface area contributed by atoms with Gasteiger partial charge in [0.25, 0.3) is 0 Å². The van der Waals surface area contributed by atoms with Crippen LogP contribution in [0.3, 0.4) is 0 Å². The van der Waals surface area contributed by atoms with Gasteiger partial charge in [0.1, 0.15) is 11.1 Å². The van der Waals surface area contributed by atoms with Crippen LogP contribution in [0.5, 0.6) is 0 Å². The van der Waals surface area contributed by atoms with Gasteiger partial charge in [-0.05, 0) is 49.4 Å². The Hall–Kier alpha value is -3.46. The summed E-state index contributed by atoms with van der Waals surface area (Å²) in [5.74, 6) is -0.684. The number of rotatable bonds is 6. The first-order valence-corrected chi connectivity index (χ1v) is 8.77. The number of amides is 1. The summed E-state index contributed by atoms with van der Waals surface area (Å²) in [5.41, 5.74) is 2.63. The van der Waals surface area contributed by atoms with Crippen LogP contribution < -0.4 is 10.6 Å². The summed E-state index contributed by atoms with van der Waals surface area (Å²) in [7, 11) is 0. The number of nitrogens with zero attached hydrogens (tertiary/aromatic N) is 3. The van der Waals surface area contributed by atoms with Gasteiger partial charge in [-0.2, -0.15) is 4.98 Å². The van der Waals surface area contributed by atoms with Crippen LogP contribution in [0.2, 0.25) is 0 Å². The number of hydrogen-bond donors (Lipinski definition) is 3. The smallest absolute Gasteiger partial charge is 0.247 e. The highest BCUT2D eigenvalue weighted by atomic mass is 32.1. The van der Waals surface area contributed by atoms with Crippen LogP contribution in [-0.2, 0) is 17.4 Å². The molecular weight excluding hydrogens is 379 g/mol. The van der Waals surface area contributed by atoms with E-state index in [0.717, 1.165) is 28.9 Å². The Bertz CT molecular complexity index is 1120. The minimum absolute atomic E-state index is 0.0665. The third-order valence-corrected chi connectivity index (χ3v) is 4.29. The van der Waals surface area contributed by atoms with Crippen molar-refractivity contribution in [1.82, 2.24) is 14.5 Å². The third kappa shape index (κ3) is 3.79. The van der Waals surface area contributed by atoms with E-state index >= 15 is 0 Å². The van der Waals surface area contributed by atoms with Crippen molar-refractivity contribution in [2.24, 2.45) is 0 Å². The van der Waals surface area contributed by atoms with E-state index in [9.17, 15) is 9.18 Å². The number of aromatic nitrogens is 3. The third-order valence-electron chi connectivity index (χ3n) is 3.98. The van der Waals surface area contributed by atoms with E-state index in [2.05, 4.69) is 39.8 Å². The second kappa shape index (κ2) is 8.05. The highest BCUT2D eigenvalue weighted by molar-refractivity contribution is 7.62. The molecule has 9 heteroatoms. The molecule has 0 spiro atoms. The van der Waals surface area contributed by atoms with Crippen molar-refractivity contribution in [2.45, 2.75) is 6.92 Å². The molecule has 3 N–H and O–H groups in total. The Morgan fingerprint density at radius 3 is 2.86 bits per heavy atom. The van der Waals surface area contributed by atoms with Gasteiger partial charge in [-0.1, -0.05) is 6.58 Å². The number of fused-ring (bicyclic) bond motifs is 1. The van der Waals surface area contributed by atoms with Gasteiger partial charge >= 0.3 is 0 Å². The van der Waals surface area contributed by atoms with Crippen molar-refractivity contribution in [3.63, 3.8) is 0 Å². The highest BCUT2D eigenvalue weighted by Gasteiger charge is 2.15. The number of allylic oxidation sites excluding steroid dienone is 1. The number of benzene rings is 1. The molecule has 0 aliphatic rings. The molecule has 1 aromatic carbocycles. The topological polar surface area (TPSA) is 95.7 Å². The Balaban J connectivity index is 2.07. The standard InChI is InChI=1S/C19H17FN6OS/c1-3-17(27)23-12-4-5-16-14(6-12)11(2)9-26(16)18-15(20)8-22-19(25-18)24-13(7-21)10-28/h3-10,21,28H,1H2,2H3,(H,23,27)(H,22,24,25)/p+1/b13-10+,21-7?. The van der Waals surface area contributed by atoms with Crippen molar-refractivity contribution in [2.75, 3.05) is 10.6 Å². The number of halogens is 1. The zero-order valence-corrected chi connectivity index (χ0v) is 16.0. The molecule has 7 nitrogen and oxygen atoms in total. The molecule has 0 aliphatic heterocycles. The molecular formula is C19H18FN6OS+. The minimum Gasteiger partial charge on any atom is -0.323 e. The van der Waals surface area contributed by atoms with Crippen molar-refractivity contribution in [1.29, 1.82) is 5.41 Å². The van der Waals surface area contributed by atoms with Crippen LogP contribution in [0.15, 0.2) is 54.4 Å². The molecule has 2 aromatic heterocycles. The van der Waals surface area contributed by atoms with Gasteiger partial charge in [-0.15, -0.1) is 0 Å². The molecule has 0 radical (unpaired) electrons. The van der Waals surface area contributed by atoms with Gasteiger partial charge in [-0.25, -0.2) is 9.37 Å². The minimum atomic E-state index is -0.592. The SMILES string of the molecule is C=CC(=O)Nc1ccc2c(c1)c(C)cn2-c1nc(N/C(C=N)=C/[SH2+])ncc1F. The summed E-state index contributed by atoms with van der Waals surface area (Å²) < 4.78 is 16.1. The zero-order valence-electron chi connectivity index (χ0n) is 15.0. The van der Waals surface area contributed by atoms with Gasteiger partial charge in [0, 0.05) is 23.5 Å². The van der Waals surface area contributed by atoms with Crippen LogP contribution >= 0.6 is 0 Å². The first-order valence-electron chi connectivity index (χ1n) is 8.19. The summed E-state index contributed by atoms with van der Waals surface area (Å²) in [6.45, 7) is 5.32. The van der Waals surface area contributed by atoms with Crippen LogP contribution in [0.4, 0.5) is 16.0 Å². The van der Waals surface area contributed by atoms with E-state index < -0.39 is 5.82 Å². The van der Waals surface area contributed by atoms with E-state index in [1.54, 1.807) is 29.0 Å². The molecule has 2 heterocycles. The number of carbonyl (C=O) groups excluding carboxylic acids is 1. The van der Waals surface area contributed by atoms with Crippen molar-refractivity contribution in [3.05, 3.63) is 65.7 Å². The molecule has 0 saturated heterocycles. The largest absolute Gasteiger partial charge is 0.323 e. The fraction of sp³-hybridized carbons (Fsp3) is 0.0526. The van der Waals surface area contributed by atoms with Crippen LogP contribution in [0.25, 0.3) is 16.7 Å². The number of hydrogen-bond acceptors (Lipinski definition) is 5. The maximum Gasteiger partial charge on any atom is 0.247 e. The molecule has 0 atom stereocenters. The van der Waals surface area contributed by atoms with E-state index in [1.165, 1.54) is 11.5 Å². The normalized spacial score (nSPS) is 11.3. The average Bonchev–Trinajstić information content (AvgIpc) is 3.03. The average molecular weight is 397 g/mol. The van der Waals surface area contributed by atoms with E-state index in [0.29, 0.717) is 11.4 Å². The summed E-state index contributed by atoms with van der Waals surface area (Å²) >= 11 is 3.18.